The van der Waals surface area contributed by atoms with E-state index in [0.29, 0.717) is 27.9 Å². The fraction of sp³-hybridized carbons (Fsp3) is 0.227. The first-order valence-corrected chi connectivity index (χ1v) is 10.4. The maximum Gasteiger partial charge on any atom is 0.311 e. The number of thioether (sulfide) groups is 1. The van der Waals surface area contributed by atoms with Crippen LogP contribution in [0.15, 0.2) is 59.2 Å². The summed E-state index contributed by atoms with van der Waals surface area (Å²) in [5.41, 5.74) is 2.71. The molecule has 0 spiro atoms. The van der Waals surface area contributed by atoms with Crippen molar-refractivity contribution in [3.05, 3.63) is 54.2 Å². The van der Waals surface area contributed by atoms with Gasteiger partial charge in [0.1, 0.15) is 11.5 Å². The molecule has 0 unspecified atom stereocenters. The zero-order valence-corrected chi connectivity index (χ0v) is 18.2. The number of benzene rings is 2. The van der Waals surface area contributed by atoms with Crippen LogP contribution in [0.2, 0.25) is 0 Å². The van der Waals surface area contributed by atoms with Gasteiger partial charge in [-0.25, -0.2) is 4.99 Å². The highest BCUT2D eigenvalue weighted by atomic mass is 32.2. The fourth-order valence-corrected chi connectivity index (χ4v) is 3.54. The van der Waals surface area contributed by atoms with E-state index in [2.05, 4.69) is 15.6 Å². The predicted molar refractivity (Wildman–Crippen MR) is 123 cm³/mol. The summed E-state index contributed by atoms with van der Waals surface area (Å²) >= 11 is 1.27. The summed E-state index contributed by atoms with van der Waals surface area (Å²) in [6.45, 7) is 0. The Morgan fingerprint density at radius 1 is 1.06 bits per heavy atom. The Kier molecular flexibility index (Phi) is 7.55. The van der Waals surface area contributed by atoms with Gasteiger partial charge >= 0.3 is 5.97 Å². The minimum Gasteiger partial charge on any atom is -0.497 e. The minimum absolute atomic E-state index is 0.0697. The van der Waals surface area contributed by atoms with Gasteiger partial charge in [-0.1, -0.05) is 23.9 Å². The SMILES string of the molecule is COC(=O)CC1=CC(SCC(=O)Nc2cc(OC)cc(OC)c2)=Nc2ccccc2N1. The molecule has 162 valence electrons. The average Bonchev–Trinajstić information content (AvgIpc) is 2.95. The summed E-state index contributed by atoms with van der Waals surface area (Å²) in [7, 11) is 4.43. The lowest BCUT2D eigenvalue weighted by molar-refractivity contribution is -0.139. The molecule has 9 heteroatoms. The van der Waals surface area contributed by atoms with Crippen LogP contribution in [0.3, 0.4) is 0 Å². The van der Waals surface area contributed by atoms with Gasteiger partial charge in [0, 0.05) is 29.6 Å². The molecule has 0 atom stereocenters. The molecule has 1 aliphatic rings. The quantitative estimate of drug-likeness (QED) is 0.627. The number of hydrogen-bond donors (Lipinski definition) is 2. The molecular formula is C22H23N3O5S. The highest BCUT2D eigenvalue weighted by Gasteiger charge is 2.15. The summed E-state index contributed by atoms with van der Waals surface area (Å²) in [6, 6.07) is 12.6. The number of ether oxygens (including phenoxy) is 3. The third-order valence-electron chi connectivity index (χ3n) is 4.28. The number of hydrogen-bond acceptors (Lipinski definition) is 8. The van der Waals surface area contributed by atoms with Gasteiger partial charge in [0.15, 0.2) is 0 Å². The Balaban J connectivity index is 1.72. The second-order valence-electron chi connectivity index (χ2n) is 6.45. The van der Waals surface area contributed by atoms with E-state index in [0.717, 1.165) is 11.4 Å². The van der Waals surface area contributed by atoms with E-state index < -0.39 is 0 Å². The molecule has 0 aromatic heterocycles. The van der Waals surface area contributed by atoms with E-state index in [1.165, 1.54) is 18.9 Å². The van der Waals surface area contributed by atoms with Gasteiger partial charge in [0.25, 0.3) is 0 Å². The molecule has 2 N–H and O–H groups in total. The maximum absolute atomic E-state index is 12.5. The van der Waals surface area contributed by atoms with Gasteiger partial charge in [-0.3, -0.25) is 9.59 Å². The van der Waals surface area contributed by atoms with Crippen molar-refractivity contribution in [3.8, 4) is 11.5 Å². The second-order valence-corrected chi connectivity index (χ2v) is 7.45. The highest BCUT2D eigenvalue weighted by molar-refractivity contribution is 8.14. The molecule has 8 nitrogen and oxygen atoms in total. The molecule has 2 aromatic rings. The Morgan fingerprint density at radius 2 is 1.77 bits per heavy atom. The molecule has 0 radical (unpaired) electrons. The van der Waals surface area contributed by atoms with E-state index in [1.54, 1.807) is 38.5 Å². The number of amides is 1. The number of fused-ring (bicyclic) bond motifs is 1. The highest BCUT2D eigenvalue weighted by Crippen LogP contribution is 2.31. The van der Waals surface area contributed by atoms with Gasteiger partial charge < -0.3 is 24.8 Å². The first kappa shape index (κ1) is 22.2. The molecule has 1 amide bonds. The molecule has 1 heterocycles. The largest absolute Gasteiger partial charge is 0.497 e. The number of methoxy groups -OCH3 is 3. The third-order valence-corrected chi connectivity index (χ3v) is 5.19. The average molecular weight is 442 g/mol. The van der Waals surface area contributed by atoms with Crippen LogP contribution in [0.25, 0.3) is 0 Å². The van der Waals surface area contributed by atoms with Crippen molar-refractivity contribution >= 4 is 45.7 Å². The second kappa shape index (κ2) is 10.5. The molecule has 1 aliphatic heterocycles. The lowest BCUT2D eigenvalue weighted by atomic mass is 10.2. The summed E-state index contributed by atoms with van der Waals surface area (Å²) in [6.07, 6.45) is 1.82. The number of anilines is 2. The number of nitrogens with zero attached hydrogens (tertiary/aromatic N) is 1. The van der Waals surface area contributed by atoms with Crippen LogP contribution in [0.4, 0.5) is 17.1 Å². The van der Waals surface area contributed by atoms with E-state index in [4.69, 9.17) is 14.2 Å². The summed E-state index contributed by atoms with van der Waals surface area (Å²) in [5.74, 6) is 0.702. The van der Waals surface area contributed by atoms with E-state index in [9.17, 15) is 9.59 Å². The predicted octanol–water partition coefficient (Wildman–Crippen LogP) is 3.98. The third kappa shape index (κ3) is 6.26. The summed E-state index contributed by atoms with van der Waals surface area (Å²) < 4.78 is 15.2. The lowest BCUT2D eigenvalue weighted by Crippen LogP contribution is -2.15. The number of aliphatic imine (C=N–C) groups is 1. The maximum atomic E-state index is 12.5. The molecule has 2 aromatic carbocycles. The molecule has 0 bridgehead atoms. The Hall–Kier alpha value is -3.46. The smallest absolute Gasteiger partial charge is 0.311 e. The van der Waals surface area contributed by atoms with Crippen LogP contribution in [-0.2, 0) is 14.3 Å². The number of carbonyl (C=O) groups is 2. The van der Waals surface area contributed by atoms with Crippen molar-refractivity contribution in [3.63, 3.8) is 0 Å². The van der Waals surface area contributed by atoms with Crippen LogP contribution >= 0.6 is 11.8 Å². The standard InChI is InChI=1S/C22H23N3O5S/c1-28-16-8-14(9-17(12-16)29-2)24-20(26)13-31-21-10-15(11-22(27)30-3)23-18-6-4-5-7-19(18)25-21/h4-10,12,23H,11,13H2,1-3H3,(H,24,26). The minimum atomic E-state index is -0.368. The first-order chi connectivity index (χ1) is 15.0. The van der Waals surface area contributed by atoms with Crippen molar-refractivity contribution in [1.29, 1.82) is 0 Å². The number of nitrogens with one attached hydrogen (secondary N) is 2. The van der Waals surface area contributed by atoms with Crippen LogP contribution < -0.4 is 20.1 Å². The van der Waals surface area contributed by atoms with Crippen molar-refractivity contribution in [2.24, 2.45) is 4.99 Å². The molecule has 0 saturated heterocycles. The van der Waals surface area contributed by atoms with Crippen molar-refractivity contribution in [2.75, 3.05) is 37.7 Å². The van der Waals surface area contributed by atoms with Gasteiger partial charge in [0.2, 0.25) is 5.91 Å². The van der Waals surface area contributed by atoms with Gasteiger partial charge in [0.05, 0.1) is 49.9 Å². The normalized spacial score (nSPS) is 12.4. The van der Waals surface area contributed by atoms with E-state index >= 15 is 0 Å². The topological polar surface area (TPSA) is 98.3 Å². The zero-order valence-electron chi connectivity index (χ0n) is 17.4. The monoisotopic (exact) mass is 441 g/mol. The molecule has 31 heavy (non-hydrogen) atoms. The Labute approximate surface area is 184 Å². The summed E-state index contributed by atoms with van der Waals surface area (Å²) in [5, 5.41) is 6.65. The number of esters is 1. The molecule has 3 rings (SSSR count). The van der Waals surface area contributed by atoms with Crippen LogP contribution in [0.1, 0.15) is 6.42 Å². The van der Waals surface area contributed by atoms with Crippen LogP contribution in [-0.4, -0.2) is 44.0 Å². The Bertz CT molecular complexity index is 1010. The molecule has 0 aliphatic carbocycles. The Morgan fingerprint density at radius 3 is 2.45 bits per heavy atom. The lowest BCUT2D eigenvalue weighted by Gasteiger charge is -2.10. The van der Waals surface area contributed by atoms with Crippen LogP contribution in [0.5, 0.6) is 11.5 Å². The van der Waals surface area contributed by atoms with Crippen molar-refractivity contribution in [1.82, 2.24) is 0 Å². The number of rotatable bonds is 7. The van der Waals surface area contributed by atoms with Gasteiger partial charge in [-0.15, -0.1) is 0 Å². The molecule has 0 fully saturated rings. The van der Waals surface area contributed by atoms with Gasteiger partial charge in [-0.05, 0) is 18.2 Å². The summed E-state index contributed by atoms with van der Waals surface area (Å²) in [4.78, 5) is 28.9. The first-order valence-electron chi connectivity index (χ1n) is 9.38. The van der Waals surface area contributed by atoms with Crippen molar-refractivity contribution < 1.29 is 23.8 Å². The number of carbonyl (C=O) groups excluding carboxylic acids is 2. The van der Waals surface area contributed by atoms with Gasteiger partial charge in [-0.2, -0.15) is 0 Å². The van der Waals surface area contributed by atoms with E-state index in [1.807, 2.05) is 24.3 Å². The molecular weight excluding hydrogens is 418 g/mol. The zero-order chi connectivity index (χ0) is 22.2. The van der Waals surface area contributed by atoms with E-state index in [-0.39, 0.29) is 24.1 Å². The fourth-order valence-electron chi connectivity index (χ4n) is 2.80. The van der Waals surface area contributed by atoms with Crippen molar-refractivity contribution in [2.45, 2.75) is 6.42 Å². The van der Waals surface area contributed by atoms with Crippen LogP contribution in [0, 0.1) is 0 Å². The molecule has 0 saturated carbocycles. The number of para-hydroxylation sites is 2.